The molecule has 2 N–H and O–H groups in total. The van der Waals surface area contributed by atoms with E-state index >= 15 is 0 Å². The van der Waals surface area contributed by atoms with E-state index in [0.29, 0.717) is 0 Å². The Labute approximate surface area is 108 Å². The van der Waals surface area contributed by atoms with E-state index in [1.165, 1.54) is 30.2 Å². The number of benzene rings is 1. The van der Waals surface area contributed by atoms with Crippen molar-refractivity contribution in [3.05, 3.63) is 30.0 Å². The highest BCUT2D eigenvalue weighted by atomic mass is 15.3. The molecule has 1 unspecified atom stereocenters. The number of nitrogens with zero attached hydrogens (tertiary/aromatic N) is 2. The predicted molar refractivity (Wildman–Crippen MR) is 74.4 cm³/mol. The molecule has 1 fully saturated rings. The van der Waals surface area contributed by atoms with Crippen LogP contribution in [-0.2, 0) is 13.5 Å². The Kier molecular flexibility index (Phi) is 3.08. The number of hydrogen-bond acceptors (Lipinski definition) is 2. The second-order valence-electron chi connectivity index (χ2n) is 5.58. The molecule has 18 heavy (non-hydrogen) atoms. The first-order valence-corrected chi connectivity index (χ1v) is 6.90. The molecular formula is C15H21N3. The van der Waals surface area contributed by atoms with Gasteiger partial charge in [-0.05, 0) is 18.4 Å². The molecule has 3 rings (SSSR count). The Bertz CT molecular complexity index is 540. The van der Waals surface area contributed by atoms with E-state index in [0.717, 1.165) is 24.5 Å². The molecule has 0 saturated heterocycles. The summed E-state index contributed by atoms with van der Waals surface area (Å²) in [6, 6.07) is 8.65. The van der Waals surface area contributed by atoms with E-state index in [2.05, 4.69) is 29.4 Å². The molecular weight excluding hydrogens is 222 g/mol. The molecule has 1 saturated carbocycles. The second kappa shape index (κ2) is 4.73. The first-order chi connectivity index (χ1) is 8.74. The molecule has 0 aliphatic heterocycles. The smallest absolute Gasteiger partial charge is 0.0718 e. The van der Waals surface area contributed by atoms with Crippen LogP contribution in [0.3, 0.4) is 0 Å². The minimum Gasteiger partial charge on any atom is -0.327 e. The Morgan fingerprint density at radius 2 is 2.17 bits per heavy atom. The van der Waals surface area contributed by atoms with Crippen molar-refractivity contribution in [1.29, 1.82) is 0 Å². The van der Waals surface area contributed by atoms with Crippen LogP contribution in [0.4, 0.5) is 0 Å². The number of hydrogen-bond donors (Lipinski definition) is 1. The van der Waals surface area contributed by atoms with Gasteiger partial charge in [0.25, 0.3) is 0 Å². The number of rotatable bonds is 4. The maximum absolute atomic E-state index is 6.27. The van der Waals surface area contributed by atoms with Crippen molar-refractivity contribution >= 4 is 10.9 Å². The third-order valence-electron chi connectivity index (χ3n) is 4.15. The van der Waals surface area contributed by atoms with Crippen LogP contribution in [0.2, 0.25) is 0 Å². The molecule has 1 aromatic heterocycles. The van der Waals surface area contributed by atoms with Gasteiger partial charge >= 0.3 is 0 Å². The zero-order valence-electron chi connectivity index (χ0n) is 11.0. The maximum Gasteiger partial charge on any atom is 0.0718 e. The monoisotopic (exact) mass is 243 g/mol. The Balaban J connectivity index is 1.77. The lowest BCUT2D eigenvalue weighted by molar-refractivity contribution is 0.275. The van der Waals surface area contributed by atoms with Crippen LogP contribution in [0, 0.1) is 5.92 Å². The zero-order chi connectivity index (χ0) is 12.5. The number of aryl methyl sites for hydroxylation is 1. The summed E-state index contributed by atoms with van der Waals surface area (Å²) in [5.74, 6) is 0.870. The van der Waals surface area contributed by atoms with E-state index < -0.39 is 0 Å². The van der Waals surface area contributed by atoms with Crippen molar-refractivity contribution in [1.82, 2.24) is 9.78 Å². The number of para-hydroxylation sites is 1. The van der Waals surface area contributed by atoms with Crippen LogP contribution < -0.4 is 5.73 Å². The summed E-state index contributed by atoms with van der Waals surface area (Å²) >= 11 is 0. The van der Waals surface area contributed by atoms with Gasteiger partial charge in [-0.1, -0.05) is 37.5 Å². The molecule has 3 nitrogen and oxygen atoms in total. The Morgan fingerprint density at radius 1 is 1.39 bits per heavy atom. The molecule has 2 aromatic rings. The quantitative estimate of drug-likeness (QED) is 0.897. The molecule has 1 aliphatic rings. The normalized spacial score (nSPS) is 17.9. The Hall–Kier alpha value is -1.35. The molecule has 3 heteroatoms. The standard InChI is InChI=1S/C15H21N3/c1-18-15-8-3-2-7-13(15)14(17-18)10-12(16)9-11-5-4-6-11/h2-3,7-8,11-12H,4-6,9-10,16H2,1H3. The van der Waals surface area contributed by atoms with Gasteiger partial charge in [0, 0.05) is 24.9 Å². The highest BCUT2D eigenvalue weighted by Crippen LogP contribution is 2.31. The van der Waals surface area contributed by atoms with Crippen LogP contribution in [0.25, 0.3) is 10.9 Å². The van der Waals surface area contributed by atoms with Gasteiger partial charge in [0.2, 0.25) is 0 Å². The van der Waals surface area contributed by atoms with Crippen molar-refractivity contribution in [3.8, 4) is 0 Å². The van der Waals surface area contributed by atoms with Gasteiger partial charge < -0.3 is 5.73 Å². The van der Waals surface area contributed by atoms with Crippen molar-refractivity contribution < 1.29 is 0 Å². The highest BCUT2D eigenvalue weighted by Gasteiger charge is 2.21. The third kappa shape index (κ3) is 2.15. The van der Waals surface area contributed by atoms with Gasteiger partial charge in [0.15, 0.2) is 0 Å². The molecule has 1 atom stereocenters. The van der Waals surface area contributed by atoms with Crippen LogP contribution in [-0.4, -0.2) is 15.8 Å². The van der Waals surface area contributed by atoms with Crippen LogP contribution in [0.5, 0.6) is 0 Å². The molecule has 0 amide bonds. The Morgan fingerprint density at radius 3 is 2.89 bits per heavy atom. The van der Waals surface area contributed by atoms with Crippen LogP contribution >= 0.6 is 0 Å². The molecule has 1 aromatic carbocycles. The van der Waals surface area contributed by atoms with Crippen molar-refractivity contribution in [3.63, 3.8) is 0 Å². The van der Waals surface area contributed by atoms with E-state index in [4.69, 9.17) is 5.73 Å². The molecule has 0 bridgehead atoms. The third-order valence-corrected chi connectivity index (χ3v) is 4.15. The first-order valence-electron chi connectivity index (χ1n) is 6.90. The van der Waals surface area contributed by atoms with Crippen LogP contribution in [0.15, 0.2) is 24.3 Å². The maximum atomic E-state index is 6.27. The predicted octanol–water partition coefficient (Wildman–Crippen LogP) is 2.63. The van der Waals surface area contributed by atoms with Crippen molar-refractivity contribution in [2.75, 3.05) is 0 Å². The molecule has 0 radical (unpaired) electrons. The van der Waals surface area contributed by atoms with E-state index in [-0.39, 0.29) is 6.04 Å². The summed E-state index contributed by atoms with van der Waals surface area (Å²) in [5.41, 5.74) is 8.62. The van der Waals surface area contributed by atoms with Gasteiger partial charge in [-0.25, -0.2) is 0 Å². The summed E-state index contributed by atoms with van der Waals surface area (Å²) < 4.78 is 1.96. The summed E-state index contributed by atoms with van der Waals surface area (Å²) in [5, 5.41) is 5.87. The molecule has 1 aliphatic carbocycles. The number of nitrogens with two attached hydrogens (primary N) is 1. The van der Waals surface area contributed by atoms with E-state index in [1.54, 1.807) is 0 Å². The lowest BCUT2D eigenvalue weighted by Gasteiger charge is -2.27. The highest BCUT2D eigenvalue weighted by molar-refractivity contribution is 5.81. The van der Waals surface area contributed by atoms with E-state index in [1.807, 2.05) is 11.7 Å². The SMILES string of the molecule is Cn1nc(CC(N)CC2CCC2)c2ccccc21. The van der Waals surface area contributed by atoms with Gasteiger partial charge in [-0.15, -0.1) is 0 Å². The number of aromatic nitrogens is 2. The van der Waals surface area contributed by atoms with Gasteiger partial charge in [0.05, 0.1) is 11.2 Å². The molecule has 1 heterocycles. The molecule has 96 valence electrons. The van der Waals surface area contributed by atoms with Gasteiger partial charge in [-0.2, -0.15) is 5.10 Å². The lowest BCUT2D eigenvalue weighted by atomic mass is 9.80. The summed E-state index contributed by atoms with van der Waals surface area (Å²) in [6.07, 6.45) is 6.19. The van der Waals surface area contributed by atoms with Crippen molar-refractivity contribution in [2.24, 2.45) is 18.7 Å². The minimum atomic E-state index is 0.258. The molecule has 0 spiro atoms. The fraction of sp³-hybridized carbons (Fsp3) is 0.533. The van der Waals surface area contributed by atoms with E-state index in [9.17, 15) is 0 Å². The lowest BCUT2D eigenvalue weighted by Crippen LogP contribution is -2.28. The number of fused-ring (bicyclic) bond motifs is 1. The summed E-state index contributed by atoms with van der Waals surface area (Å²) in [7, 11) is 2.00. The topological polar surface area (TPSA) is 43.8 Å². The zero-order valence-corrected chi connectivity index (χ0v) is 11.0. The van der Waals surface area contributed by atoms with Gasteiger partial charge in [0.1, 0.15) is 0 Å². The first kappa shape index (κ1) is 11.7. The minimum absolute atomic E-state index is 0.258. The fourth-order valence-corrected chi connectivity index (χ4v) is 2.93. The largest absolute Gasteiger partial charge is 0.327 e. The second-order valence-corrected chi connectivity index (χ2v) is 5.58. The van der Waals surface area contributed by atoms with Gasteiger partial charge in [-0.3, -0.25) is 4.68 Å². The fourth-order valence-electron chi connectivity index (χ4n) is 2.93. The average molecular weight is 243 g/mol. The summed E-state index contributed by atoms with van der Waals surface area (Å²) in [4.78, 5) is 0. The van der Waals surface area contributed by atoms with Crippen molar-refractivity contribution in [2.45, 2.75) is 38.1 Å². The summed E-state index contributed by atoms with van der Waals surface area (Å²) in [6.45, 7) is 0. The average Bonchev–Trinajstić information content (AvgIpc) is 2.62. The van der Waals surface area contributed by atoms with Crippen LogP contribution in [0.1, 0.15) is 31.4 Å².